The fraction of sp³-hybridized carbons (Fsp3) is 0.241. The van der Waals surface area contributed by atoms with Crippen molar-refractivity contribution in [3.05, 3.63) is 94.5 Å². The van der Waals surface area contributed by atoms with E-state index >= 15 is 0 Å². The Morgan fingerprint density at radius 3 is 2.55 bits per heavy atom. The highest BCUT2D eigenvalue weighted by Crippen LogP contribution is 2.30. The zero-order valence-corrected chi connectivity index (χ0v) is 23.3. The Hall–Kier alpha value is -3.43. The van der Waals surface area contributed by atoms with E-state index in [2.05, 4.69) is 33.4 Å². The van der Waals surface area contributed by atoms with Gasteiger partial charge in [0.05, 0.1) is 17.9 Å². The van der Waals surface area contributed by atoms with E-state index in [9.17, 15) is 14.4 Å². The molecule has 1 atom stereocenters. The van der Waals surface area contributed by atoms with Crippen molar-refractivity contribution < 1.29 is 19.1 Å². The normalized spacial score (nSPS) is 16.4. The van der Waals surface area contributed by atoms with Crippen molar-refractivity contribution in [3.8, 4) is 0 Å². The smallest absolute Gasteiger partial charge is 0.338 e. The van der Waals surface area contributed by atoms with Crippen molar-refractivity contribution in [2.45, 2.75) is 31.4 Å². The van der Waals surface area contributed by atoms with E-state index in [0.717, 1.165) is 17.3 Å². The first kappa shape index (κ1) is 27.6. The van der Waals surface area contributed by atoms with Gasteiger partial charge in [0.25, 0.3) is 0 Å². The van der Waals surface area contributed by atoms with E-state index in [1.54, 1.807) is 42.2 Å². The second-order valence-electron chi connectivity index (χ2n) is 8.61. The first-order chi connectivity index (χ1) is 18.4. The number of thioether (sulfide) groups is 1. The molecule has 3 aromatic rings. The number of carbonyl (C=O) groups excluding carboxylic acids is 3. The van der Waals surface area contributed by atoms with Gasteiger partial charge in [-0.3, -0.25) is 14.5 Å². The molecule has 1 fully saturated rings. The molecule has 1 saturated heterocycles. The van der Waals surface area contributed by atoms with Gasteiger partial charge in [0.15, 0.2) is 5.17 Å². The highest BCUT2D eigenvalue weighted by molar-refractivity contribution is 9.10. The van der Waals surface area contributed by atoms with Crippen molar-refractivity contribution in [1.82, 2.24) is 4.90 Å². The predicted octanol–water partition coefficient (Wildman–Crippen LogP) is 6.22. The molecule has 1 aliphatic rings. The van der Waals surface area contributed by atoms with Gasteiger partial charge in [-0.05, 0) is 67.8 Å². The molecule has 38 heavy (non-hydrogen) atoms. The summed E-state index contributed by atoms with van der Waals surface area (Å²) in [5, 5.41) is 2.75. The van der Waals surface area contributed by atoms with E-state index in [0.29, 0.717) is 35.3 Å². The van der Waals surface area contributed by atoms with Gasteiger partial charge in [0, 0.05) is 23.1 Å². The third-order valence-electron chi connectivity index (χ3n) is 5.82. The Morgan fingerprint density at radius 1 is 1.08 bits per heavy atom. The van der Waals surface area contributed by atoms with Crippen LogP contribution in [0.4, 0.5) is 11.4 Å². The van der Waals surface area contributed by atoms with Crippen LogP contribution in [0.5, 0.6) is 0 Å². The molecular formula is C29H28BrN3O4S. The summed E-state index contributed by atoms with van der Waals surface area (Å²) in [5.74, 6) is -0.801. The average molecular weight is 595 g/mol. The van der Waals surface area contributed by atoms with Crippen LogP contribution in [-0.2, 0) is 20.7 Å². The van der Waals surface area contributed by atoms with Crippen molar-refractivity contribution in [2.24, 2.45) is 4.99 Å². The summed E-state index contributed by atoms with van der Waals surface area (Å²) in [6, 6.07) is 24.1. The quantitative estimate of drug-likeness (QED) is 0.298. The molecular weight excluding hydrogens is 566 g/mol. The zero-order valence-electron chi connectivity index (χ0n) is 20.9. The molecule has 0 saturated carbocycles. The Kier molecular flexibility index (Phi) is 9.73. The lowest BCUT2D eigenvalue weighted by atomic mass is 10.1. The third-order valence-corrected chi connectivity index (χ3v) is 7.50. The van der Waals surface area contributed by atoms with Crippen LogP contribution >= 0.6 is 27.7 Å². The summed E-state index contributed by atoms with van der Waals surface area (Å²) >= 11 is 4.68. The van der Waals surface area contributed by atoms with Gasteiger partial charge in [-0.25, -0.2) is 9.79 Å². The summed E-state index contributed by atoms with van der Waals surface area (Å²) in [5.41, 5.74) is 2.85. The van der Waals surface area contributed by atoms with Crippen LogP contribution in [0.2, 0.25) is 0 Å². The number of carbonyl (C=O) groups is 3. The molecule has 0 aromatic heterocycles. The van der Waals surface area contributed by atoms with Crippen molar-refractivity contribution in [1.29, 1.82) is 0 Å². The van der Waals surface area contributed by atoms with Gasteiger partial charge >= 0.3 is 5.97 Å². The minimum absolute atomic E-state index is 0.0800. The number of hydrogen-bond acceptors (Lipinski definition) is 6. The first-order valence-corrected chi connectivity index (χ1v) is 14.0. The molecule has 3 aromatic carbocycles. The first-order valence-electron chi connectivity index (χ1n) is 12.4. The number of aliphatic imine (C=N–C) groups is 1. The number of rotatable bonds is 9. The second kappa shape index (κ2) is 13.4. The van der Waals surface area contributed by atoms with Crippen molar-refractivity contribution in [3.63, 3.8) is 0 Å². The molecule has 0 spiro atoms. The topological polar surface area (TPSA) is 88.1 Å². The Morgan fingerprint density at radius 2 is 1.84 bits per heavy atom. The Balaban J connectivity index is 1.53. The summed E-state index contributed by atoms with van der Waals surface area (Å²) < 4.78 is 5.90. The minimum atomic E-state index is -0.621. The van der Waals surface area contributed by atoms with Crippen LogP contribution in [0, 0.1) is 0 Å². The van der Waals surface area contributed by atoms with E-state index in [4.69, 9.17) is 9.73 Å². The SMILES string of the molecule is CCOC(=O)c1ccc(N=C2SC(C(=O)Nc3cccc(Br)c3)CC(=O)N2CCCc2ccccc2)cc1. The number of amidine groups is 1. The largest absolute Gasteiger partial charge is 0.462 e. The van der Waals surface area contributed by atoms with Gasteiger partial charge in [0.2, 0.25) is 11.8 Å². The summed E-state index contributed by atoms with van der Waals surface area (Å²) in [4.78, 5) is 44.7. The number of esters is 1. The monoisotopic (exact) mass is 593 g/mol. The summed E-state index contributed by atoms with van der Waals surface area (Å²) in [7, 11) is 0. The van der Waals surface area contributed by atoms with Crippen LogP contribution in [0.3, 0.4) is 0 Å². The molecule has 0 radical (unpaired) electrons. The summed E-state index contributed by atoms with van der Waals surface area (Å²) in [6.07, 6.45) is 1.66. The maximum atomic E-state index is 13.3. The van der Waals surface area contributed by atoms with E-state index in [-0.39, 0.29) is 18.2 Å². The number of amides is 2. The molecule has 4 rings (SSSR count). The van der Waals surface area contributed by atoms with Gasteiger partial charge in [0.1, 0.15) is 5.25 Å². The van der Waals surface area contributed by atoms with Gasteiger partial charge < -0.3 is 10.1 Å². The lowest BCUT2D eigenvalue weighted by Gasteiger charge is -2.32. The number of ether oxygens (including phenoxy) is 1. The van der Waals surface area contributed by atoms with Crippen molar-refractivity contribution in [2.75, 3.05) is 18.5 Å². The predicted molar refractivity (Wildman–Crippen MR) is 155 cm³/mol. The van der Waals surface area contributed by atoms with Crippen LogP contribution < -0.4 is 5.32 Å². The van der Waals surface area contributed by atoms with E-state index in [1.165, 1.54) is 17.3 Å². The lowest BCUT2D eigenvalue weighted by molar-refractivity contribution is -0.129. The maximum Gasteiger partial charge on any atom is 0.338 e. The molecule has 9 heteroatoms. The second-order valence-corrected chi connectivity index (χ2v) is 10.7. The maximum absolute atomic E-state index is 13.3. The molecule has 7 nitrogen and oxygen atoms in total. The standard InChI is InChI=1S/C29H28BrN3O4S/c1-2-37-28(36)21-13-15-23(16-14-21)32-29-33(17-7-10-20-8-4-3-5-9-20)26(34)19-25(38-29)27(35)31-24-12-6-11-22(30)18-24/h3-6,8-9,11-16,18,25H,2,7,10,17,19H2,1H3,(H,31,35). The fourth-order valence-corrected chi connectivity index (χ4v) is 5.46. The summed E-state index contributed by atoms with van der Waals surface area (Å²) in [6.45, 7) is 2.54. The van der Waals surface area contributed by atoms with Crippen LogP contribution in [-0.4, -0.2) is 46.3 Å². The average Bonchev–Trinajstić information content (AvgIpc) is 2.91. The third kappa shape index (κ3) is 7.55. The van der Waals surface area contributed by atoms with Gasteiger partial charge in [-0.2, -0.15) is 0 Å². The molecule has 1 heterocycles. The molecule has 1 N–H and O–H groups in total. The van der Waals surface area contributed by atoms with Crippen molar-refractivity contribution >= 4 is 62.0 Å². The molecule has 2 amide bonds. The lowest BCUT2D eigenvalue weighted by Crippen LogP contribution is -2.45. The van der Waals surface area contributed by atoms with Crippen LogP contribution in [0.1, 0.15) is 35.7 Å². The van der Waals surface area contributed by atoms with Crippen LogP contribution in [0.25, 0.3) is 0 Å². The molecule has 0 aliphatic carbocycles. The zero-order chi connectivity index (χ0) is 26.9. The minimum Gasteiger partial charge on any atom is -0.462 e. The van der Waals surface area contributed by atoms with Crippen LogP contribution in [0.15, 0.2) is 88.3 Å². The number of halogens is 1. The van der Waals surface area contributed by atoms with Gasteiger partial charge in [-0.1, -0.05) is 64.1 Å². The number of benzene rings is 3. The number of nitrogens with one attached hydrogen (secondary N) is 1. The van der Waals surface area contributed by atoms with Gasteiger partial charge in [-0.15, -0.1) is 0 Å². The fourth-order valence-electron chi connectivity index (χ4n) is 3.93. The molecule has 1 unspecified atom stereocenters. The highest BCUT2D eigenvalue weighted by atomic mass is 79.9. The molecule has 1 aliphatic heterocycles. The number of anilines is 1. The Bertz CT molecular complexity index is 1310. The number of hydrogen-bond donors (Lipinski definition) is 1. The number of nitrogens with zero attached hydrogens (tertiary/aromatic N) is 2. The Labute approximate surface area is 234 Å². The molecule has 196 valence electrons. The highest BCUT2D eigenvalue weighted by Gasteiger charge is 2.35. The van der Waals surface area contributed by atoms with E-state index < -0.39 is 11.2 Å². The van der Waals surface area contributed by atoms with E-state index in [1.807, 2.05) is 36.4 Å². The molecule has 0 bridgehead atoms. The number of aryl methyl sites for hydroxylation is 1.